The summed E-state index contributed by atoms with van der Waals surface area (Å²) in [6.45, 7) is 12.1. The van der Waals surface area contributed by atoms with Crippen LogP contribution in [-0.4, -0.2) is 161 Å². The molecule has 0 spiro atoms. The first-order valence-corrected chi connectivity index (χ1v) is 33.6. The third kappa shape index (κ3) is 15.0. The molecular formula is C64H68ClF3N8O9S3. The molecular weight excluding hydrogens is 1210 g/mol. The molecule has 5 aliphatic rings. The largest absolute Gasteiger partial charge is 0.501 e. The lowest BCUT2D eigenvalue weighted by Gasteiger charge is -2.39. The number of hydrogen-bond acceptors (Lipinski definition) is 15. The molecule has 0 bridgehead atoms. The molecule has 10 rings (SSSR count). The SMILES string of the molecule is CC1(C)CCC(c2ccc(Cl)cc2)=C(CN2CCN(c3ccc(C(=O)NS(=O)(=O)c4ccc(NC(CCN5CCN(CCC#Cc6cccc7c6C(=O)N(C6CCC(=O)NC6=O)C7=O)CC5)CSc5ccccc5)c(S(=O)(=O)C(F)(F)F)c4)cc3)CC2)C1. The van der Waals surface area contributed by atoms with E-state index in [0.29, 0.717) is 87.6 Å². The third-order valence-corrected chi connectivity index (χ3v) is 21.1. The molecule has 3 N–H and O–H groups in total. The zero-order chi connectivity index (χ0) is 62.5. The quantitative estimate of drug-likeness (QED) is 0.0401. The van der Waals surface area contributed by atoms with Crippen molar-refractivity contribution in [2.75, 3.05) is 88.0 Å². The third-order valence-electron chi connectivity index (χ3n) is 16.8. The van der Waals surface area contributed by atoms with Crippen LogP contribution in [0.25, 0.3) is 5.57 Å². The number of alkyl halides is 3. The second-order valence-electron chi connectivity index (χ2n) is 23.4. The van der Waals surface area contributed by atoms with Gasteiger partial charge in [-0.2, -0.15) is 13.2 Å². The summed E-state index contributed by atoms with van der Waals surface area (Å²) < 4.78 is 99.8. The summed E-state index contributed by atoms with van der Waals surface area (Å²) >= 11 is 7.62. The number of piperazine rings is 2. The molecule has 5 aromatic carbocycles. The van der Waals surface area contributed by atoms with E-state index >= 15 is 0 Å². The molecule has 88 heavy (non-hydrogen) atoms. The molecule has 2 atom stereocenters. The van der Waals surface area contributed by atoms with Gasteiger partial charge in [-0.1, -0.05) is 79.3 Å². The van der Waals surface area contributed by atoms with Gasteiger partial charge in [0.2, 0.25) is 11.8 Å². The van der Waals surface area contributed by atoms with Gasteiger partial charge in [0, 0.05) is 123 Å². The fraction of sp³-hybridized carbons (Fsp3) is 0.391. The molecule has 464 valence electrons. The van der Waals surface area contributed by atoms with Crippen molar-refractivity contribution in [1.82, 2.24) is 29.6 Å². The van der Waals surface area contributed by atoms with Crippen LogP contribution in [0.3, 0.4) is 0 Å². The van der Waals surface area contributed by atoms with Crippen LogP contribution in [0, 0.1) is 17.3 Å². The molecule has 1 aliphatic carbocycles. The van der Waals surface area contributed by atoms with Crippen LogP contribution in [0.4, 0.5) is 24.5 Å². The molecule has 3 saturated heterocycles. The van der Waals surface area contributed by atoms with Crippen LogP contribution < -0.4 is 20.3 Å². The number of amides is 5. The predicted molar refractivity (Wildman–Crippen MR) is 332 cm³/mol. The number of anilines is 2. The molecule has 2 unspecified atom stereocenters. The fourth-order valence-electron chi connectivity index (χ4n) is 11.9. The van der Waals surface area contributed by atoms with E-state index in [9.17, 15) is 54.0 Å². The molecule has 0 radical (unpaired) electrons. The maximum atomic E-state index is 14.5. The number of benzene rings is 5. The number of rotatable bonds is 19. The molecule has 17 nitrogen and oxygen atoms in total. The molecule has 0 saturated carbocycles. The fourth-order valence-corrected chi connectivity index (χ4v) is 15.0. The molecule has 3 fully saturated rings. The van der Waals surface area contributed by atoms with E-state index in [1.165, 1.54) is 46.7 Å². The Bertz CT molecular complexity index is 3810. The smallest absolute Gasteiger partial charge is 0.380 e. The summed E-state index contributed by atoms with van der Waals surface area (Å²) in [7, 11) is -11.1. The Hall–Kier alpha value is -7.04. The Labute approximate surface area is 520 Å². The number of allylic oxidation sites excluding steroid dienone is 1. The van der Waals surface area contributed by atoms with Gasteiger partial charge >= 0.3 is 5.51 Å². The van der Waals surface area contributed by atoms with E-state index in [0.717, 1.165) is 66.5 Å². The van der Waals surface area contributed by atoms with E-state index < -0.39 is 82.5 Å². The average Bonchev–Trinajstić information content (AvgIpc) is 1.68. The highest BCUT2D eigenvalue weighted by atomic mass is 35.5. The summed E-state index contributed by atoms with van der Waals surface area (Å²) in [5.74, 6) is 2.96. The van der Waals surface area contributed by atoms with E-state index in [-0.39, 0.29) is 34.9 Å². The number of nitrogens with zero attached hydrogens (tertiary/aromatic N) is 5. The van der Waals surface area contributed by atoms with E-state index in [1.807, 2.05) is 47.2 Å². The van der Waals surface area contributed by atoms with Crippen LogP contribution in [0.1, 0.15) is 101 Å². The average molecular weight is 1280 g/mol. The van der Waals surface area contributed by atoms with Crippen molar-refractivity contribution in [2.45, 2.75) is 91.1 Å². The maximum absolute atomic E-state index is 14.5. The minimum atomic E-state index is -6.15. The van der Waals surface area contributed by atoms with Gasteiger partial charge < -0.3 is 15.1 Å². The standard InChI is InChI=1S/C64H68ClF3N8O9S3/c1-63(2)28-26-52(43-14-18-47(65)19-15-43)46(40-63)41-74-35-37-75(38-36-74)49-20-16-45(17-21-49)59(78)71-88(84,85)51-22-23-54(56(39-51)87(82,83)64(66,67)68)69-48(42-86-50-11-4-3-5-12-50)27-30-73-33-31-72(32-34-73)29-7-6-9-44-10-8-13-53-58(44)62(81)76(61(53)80)55-24-25-57(77)70-60(55)79/h3-5,8,10-23,39,48,55,69H,7,24-38,40-42H2,1-2H3,(H,71,78)(H,70,77,79). The van der Waals surface area contributed by atoms with Gasteiger partial charge in [-0.05, 0) is 128 Å². The van der Waals surface area contributed by atoms with Crippen LogP contribution >= 0.6 is 23.4 Å². The summed E-state index contributed by atoms with van der Waals surface area (Å²) in [6.07, 6.45) is 3.92. The maximum Gasteiger partial charge on any atom is 0.501 e. The van der Waals surface area contributed by atoms with Crippen molar-refractivity contribution in [3.05, 3.63) is 154 Å². The van der Waals surface area contributed by atoms with Crippen LogP contribution in [0.15, 0.2) is 136 Å². The van der Waals surface area contributed by atoms with Crippen LogP contribution in [0.5, 0.6) is 0 Å². The molecule has 4 heterocycles. The van der Waals surface area contributed by atoms with Crippen molar-refractivity contribution >= 4 is 89.7 Å². The number of piperidine rings is 1. The van der Waals surface area contributed by atoms with Gasteiger partial charge in [-0.25, -0.2) is 21.6 Å². The first-order valence-electron chi connectivity index (χ1n) is 29.2. The van der Waals surface area contributed by atoms with Crippen LogP contribution in [-0.2, 0) is 29.4 Å². The van der Waals surface area contributed by atoms with Gasteiger partial charge in [-0.15, -0.1) is 11.8 Å². The summed E-state index contributed by atoms with van der Waals surface area (Å²) in [4.78, 5) is 73.2. The lowest BCUT2D eigenvalue weighted by atomic mass is 9.73. The lowest BCUT2D eigenvalue weighted by molar-refractivity contribution is -0.136. The van der Waals surface area contributed by atoms with Crippen molar-refractivity contribution in [3.63, 3.8) is 0 Å². The van der Waals surface area contributed by atoms with Crippen molar-refractivity contribution in [1.29, 1.82) is 0 Å². The molecule has 5 aromatic rings. The number of fused-ring (bicyclic) bond motifs is 1. The van der Waals surface area contributed by atoms with Crippen molar-refractivity contribution < 1.29 is 54.0 Å². The zero-order valence-corrected chi connectivity index (χ0v) is 51.9. The normalized spacial score (nSPS) is 19.2. The van der Waals surface area contributed by atoms with Crippen molar-refractivity contribution in [2.24, 2.45) is 5.41 Å². The molecule has 5 amide bonds. The Morgan fingerprint density at radius 1 is 0.795 bits per heavy atom. The van der Waals surface area contributed by atoms with E-state index in [1.54, 1.807) is 24.3 Å². The number of carbonyl (C=O) groups is 5. The number of hydrogen-bond donors (Lipinski definition) is 3. The highest BCUT2D eigenvalue weighted by Crippen LogP contribution is 2.43. The Balaban J connectivity index is 0.753. The summed E-state index contributed by atoms with van der Waals surface area (Å²) in [5, 5.41) is 5.92. The molecule has 0 aromatic heterocycles. The van der Waals surface area contributed by atoms with Gasteiger partial charge in [0.05, 0.1) is 21.7 Å². The molecule has 24 heteroatoms. The Morgan fingerprint density at radius 2 is 1.48 bits per heavy atom. The highest BCUT2D eigenvalue weighted by molar-refractivity contribution is 7.99. The Kier molecular flexibility index (Phi) is 19.6. The summed E-state index contributed by atoms with van der Waals surface area (Å²) in [5.41, 5.74) is -0.654. The Morgan fingerprint density at radius 3 is 2.16 bits per heavy atom. The number of sulfonamides is 1. The summed E-state index contributed by atoms with van der Waals surface area (Å²) in [6, 6.07) is 29.1. The highest BCUT2D eigenvalue weighted by Gasteiger charge is 2.49. The van der Waals surface area contributed by atoms with Gasteiger partial charge in [0.15, 0.2) is 0 Å². The van der Waals surface area contributed by atoms with Gasteiger partial charge in [0.25, 0.3) is 37.6 Å². The monoisotopic (exact) mass is 1280 g/mol. The topological polar surface area (TPSA) is 206 Å². The predicted octanol–water partition coefficient (Wildman–Crippen LogP) is 8.96. The van der Waals surface area contributed by atoms with E-state index in [2.05, 4.69) is 68.1 Å². The number of thioether (sulfide) groups is 1. The van der Waals surface area contributed by atoms with Gasteiger partial charge in [0.1, 0.15) is 10.9 Å². The first kappa shape index (κ1) is 64.0. The number of carbonyl (C=O) groups excluding carboxylic acids is 5. The molecule has 4 aliphatic heterocycles. The second kappa shape index (κ2) is 27.0. The number of sulfone groups is 1. The lowest BCUT2D eigenvalue weighted by Crippen LogP contribution is -2.54. The number of imide groups is 2. The zero-order valence-electron chi connectivity index (χ0n) is 48.7. The van der Waals surface area contributed by atoms with Crippen molar-refractivity contribution in [3.8, 4) is 11.8 Å². The number of halogens is 4. The van der Waals surface area contributed by atoms with Crippen LogP contribution in [0.2, 0.25) is 5.02 Å². The minimum Gasteiger partial charge on any atom is -0.380 e. The first-order chi connectivity index (χ1) is 41.9. The van der Waals surface area contributed by atoms with Gasteiger partial charge in [-0.3, -0.25) is 44.0 Å². The number of nitrogens with one attached hydrogen (secondary N) is 3. The second-order valence-corrected chi connectivity index (χ2v) is 28.6. The minimum absolute atomic E-state index is 0.00283. The van der Waals surface area contributed by atoms with E-state index in [4.69, 9.17) is 11.6 Å².